The molecule has 0 saturated heterocycles. The number of nitrogens with two attached hydrogens (primary N) is 1. The molecule has 1 aromatic carbocycles. The Balaban J connectivity index is 3.42. The van der Waals surface area contributed by atoms with Crippen LogP contribution in [0.15, 0.2) is 12.1 Å². The first-order chi connectivity index (χ1) is 6.06. The van der Waals surface area contributed by atoms with Crippen LogP contribution in [0.2, 0.25) is 0 Å². The summed E-state index contributed by atoms with van der Waals surface area (Å²) in [5.41, 5.74) is 3.69. The molecule has 0 fully saturated rings. The zero-order chi connectivity index (χ0) is 10.0. The van der Waals surface area contributed by atoms with Gasteiger partial charge >= 0.3 is 0 Å². The maximum Gasteiger partial charge on any atom is 0.254 e. The lowest BCUT2D eigenvalue weighted by Gasteiger charge is -1.99. The van der Waals surface area contributed by atoms with Gasteiger partial charge in [0, 0.05) is 0 Å². The minimum absolute atomic E-state index is 0.194. The quantitative estimate of drug-likeness (QED) is 0.702. The molecule has 13 heavy (non-hydrogen) atoms. The Bertz CT molecular complexity index is 386. The first kappa shape index (κ1) is 9.13. The van der Waals surface area contributed by atoms with Crippen molar-refractivity contribution in [2.75, 3.05) is 0 Å². The van der Waals surface area contributed by atoms with Crippen molar-refractivity contribution in [3.05, 3.63) is 34.9 Å². The van der Waals surface area contributed by atoms with E-state index in [1.165, 1.54) is 0 Å². The standard InChI is InChI=1S/C8H4F2N2O/c9-5-1-4(3-11)2-6(10)7(5)8(12)13/h1-2H,(H2,12,13). The van der Waals surface area contributed by atoms with Gasteiger partial charge in [0.2, 0.25) is 0 Å². The predicted octanol–water partition coefficient (Wildman–Crippen LogP) is 0.935. The molecule has 5 heteroatoms. The summed E-state index contributed by atoms with van der Waals surface area (Å²) < 4.78 is 25.7. The van der Waals surface area contributed by atoms with Gasteiger partial charge in [-0.05, 0) is 12.1 Å². The molecule has 3 nitrogen and oxygen atoms in total. The number of benzene rings is 1. The van der Waals surface area contributed by atoms with Crippen molar-refractivity contribution in [1.29, 1.82) is 5.26 Å². The summed E-state index contributed by atoms with van der Waals surface area (Å²) in [7, 11) is 0. The molecule has 0 aliphatic heterocycles. The Labute approximate surface area is 72.4 Å². The van der Waals surface area contributed by atoms with E-state index in [1.807, 2.05) is 0 Å². The Hall–Kier alpha value is -1.96. The van der Waals surface area contributed by atoms with E-state index in [1.54, 1.807) is 6.07 Å². The lowest BCUT2D eigenvalue weighted by atomic mass is 10.1. The zero-order valence-electron chi connectivity index (χ0n) is 6.34. The van der Waals surface area contributed by atoms with Crippen LogP contribution in [0.25, 0.3) is 0 Å². The number of nitriles is 1. The summed E-state index contributed by atoms with van der Waals surface area (Å²) in [5.74, 6) is -3.44. The number of carbonyl (C=O) groups is 1. The predicted molar refractivity (Wildman–Crippen MR) is 39.6 cm³/mol. The lowest BCUT2D eigenvalue weighted by molar-refractivity contribution is 0.0992. The summed E-state index contributed by atoms with van der Waals surface area (Å²) in [5, 5.41) is 8.32. The van der Waals surface area contributed by atoms with Crippen molar-refractivity contribution in [3.63, 3.8) is 0 Å². The van der Waals surface area contributed by atoms with Gasteiger partial charge in [0.1, 0.15) is 17.2 Å². The van der Waals surface area contributed by atoms with Crippen LogP contribution < -0.4 is 5.73 Å². The Kier molecular flexibility index (Phi) is 2.24. The van der Waals surface area contributed by atoms with E-state index in [2.05, 4.69) is 0 Å². The summed E-state index contributed by atoms with van der Waals surface area (Å²) in [6.45, 7) is 0. The molecule has 0 atom stereocenters. The van der Waals surface area contributed by atoms with E-state index in [0.29, 0.717) is 0 Å². The van der Waals surface area contributed by atoms with Crippen molar-refractivity contribution >= 4 is 5.91 Å². The maximum absolute atomic E-state index is 12.9. The molecule has 0 radical (unpaired) electrons. The summed E-state index contributed by atoms with van der Waals surface area (Å²) in [4.78, 5) is 10.5. The highest BCUT2D eigenvalue weighted by molar-refractivity contribution is 5.93. The fourth-order valence-electron chi connectivity index (χ4n) is 0.873. The van der Waals surface area contributed by atoms with Crippen molar-refractivity contribution in [3.8, 4) is 6.07 Å². The molecule has 66 valence electrons. The fraction of sp³-hybridized carbons (Fsp3) is 0. The van der Waals surface area contributed by atoms with Crippen LogP contribution in [0.3, 0.4) is 0 Å². The van der Waals surface area contributed by atoms with Gasteiger partial charge in [-0.2, -0.15) is 5.26 Å². The molecule has 1 aromatic rings. The third-order valence-electron chi connectivity index (χ3n) is 1.42. The molecule has 0 aromatic heterocycles. The van der Waals surface area contributed by atoms with E-state index in [0.717, 1.165) is 12.1 Å². The average Bonchev–Trinajstić information content (AvgIpc) is 2.02. The highest BCUT2D eigenvalue weighted by atomic mass is 19.1. The molecule has 0 bridgehead atoms. The second kappa shape index (κ2) is 3.19. The largest absolute Gasteiger partial charge is 0.365 e. The number of hydrogen-bond donors (Lipinski definition) is 1. The first-order valence-corrected chi connectivity index (χ1v) is 3.25. The van der Waals surface area contributed by atoms with Crippen molar-refractivity contribution in [1.82, 2.24) is 0 Å². The molecule has 1 amide bonds. The molecule has 0 unspecified atom stereocenters. The lowest BCUT2D eigenvalue weighted by Crippen LogP contribution is -2.15. The number of halogens is 2. The van der Waals surface area contributed by atoms with E-state index in [9.17, 15) is 13.6 Å². The number of hydrogen-bond acceptors (Lipinski definition) is 2. The Morgan fingerprint density at radius 2 is 1.85 bits per heavy atom. The van der Waals surface area contributed by atoms with Crippen molar-refractivity contribution < 1.29 is 13.6 Å². The van der Waals surface area contributed by atoms with Gasteiger partial charge < -0.3 is 5.73 Å². The fourth-order valence-corrected chi connectivity index (χ4v) is 0.873. The molecule has 0 saturated carbocycles. The van der Waals surface area contributed by atoms with Gasteiger partial charge in [0.15, 0.2) is 0 Å². The molecule has 2 N–H and O–H groups in total. The summed E-state index contributed by atoms with van der Waals surface area (Å²) in [6.07, 6.45) is 0. The van der Waals surface area contributed by atoms with E-state index in [4.69, 9.17) is 11.0 Å². The summed E-state index contributed by atoms with van der Waals surface area (Å²) in [6, 6.07) is 3.05. The van der Waals surface area contributed by atoms with Crippen LogP contribution in [0.1, 0.15) is 15.9 Å². The molecule has 0 aliphatic carbocycles. The van der Waals surface area contributed by atoms with Gasteiger partial charge in [-0.15, -0.1) is 0 Å². The van der Waals surface area contributed by atoms with E-state index < -0.39 is 23.1 Å². The van der Waals surface area contributed by atoms with Gasteiger partial charge in [-0.3, -0.25) is 4.79 Å². The molecule has 0 aliphatic rings. The number of amides is 1. The van der Waals surface area contributed by atoms with Crippen LogP contribution >= 0.6 is 0 Å². The van der Waals surface area contributed by atoms with Crippen LogP contribution in [0, 0.1) is 23.0 Å². The number of carbonyl (C=O) groups excluding carboxylic acids is 1. The van der Waals surface area contributed by atoms with Gasteiger partial charge in [-0.25, -0.2) is 8.78 Å². The summed E-state index contributed by atoms with van der Waals surface area (Å²) >= 11 is 0. The van der Waals surface area contributed by atoms with Crippen LogP contribution in [0.4, 0.5) is 8.78 Å². The second-order valence-electron chi connectivity index (χ2n) is 2.29. The van der Waals surface area contributed by atoms with Crippen LogP contribution in [0.5, 0.6) is 0 Å². The third kappa shape index (κ3) is 1.62. The first-order valence-electron chi connectivity index (χ1n) is 3.25. The van der Waals surface area contributed by atoms with Gasteiger partial charge in [0.05, 0.1) is 11.6 Å². The number of nitrogens with zero attached hydrogens (tertiary/aromatic N) is 1. The number of rotatable bonds is 1. The monoisotopic (exact) mass is 182 g/mol. The zero-order valence-corrected chi connectivity index (χ0v) is 6.34. The van der Waals surface area contributed by atoms with Crippen LogP contribution in [-0.2, 0) is 0 Å². The SMILES string of the molecule is N#Cc1cc(F)c(C(N)=O)c(F)c1. The van der Waals surface area contributed by atoms with E-state index in [-0.39, 0.29) is 5.56 Å². The normalized spacial score (nSPS) is 9.31. The molecule has 0 heterocycles. The topological polar surface area (TPSA) is 66.9 Å². The Morgan fingerprint density at radius 1 is 1.38 bits per heavy atom. The second-order valence-corrected chi connectivity index (χ2v) is 2.29. The minimum Gasteiger partial charge on any atom is -0.365 e. The van der Waals surface area contributed by atoms with E-state index >= 15 is 0 Å². The number of primary amides is 1. The minimum atomic E-state index is -1.19. The van der Waals surface area contributed by atoms with Crippen LogP contribution in [-0.4, -0.2) is 5.91 Å². The smallest absolute Gasteiger partial charge is 0.254 e. The van der Waals surface area contributed by atoms with Gasteiger partial charge in [0.25, 0.3) is 5.91 Å². The third-order valence-corrected chi connectivity index (χ3v) is 1.42. The molecular formula is C8H4F2N2O. The van der Waals surface area contributed by atoms with Crippen molar-refractivity contribution in [2.24, 2.45) is 5.73 Å². The van der Waals surface area contributed by atoms with Gasteiger partial charge in [-0.1, -0.05) is 0 Å². The average molecular weight is 182 g/mol. The Morgan fingerprint density at radius 3 is 2.15 bits per heavy atom. The maximum atomic E-state index is 12.9. The molecular weight excluding hydrogens is 178 g/mol. The molecule has 0 spiro atoms. The molecule has 1 rings (SSSR count). The highest BCUT2D eigenvalue weighted by Gasteiger charge is 2.15. The van der Waals surface area contributed by atoms with Crippen molar-refractivity contribution in [2.45, 2.75) is 0 Å². The highest BCUT2D eigenvalue weighted by Crippen LogP contribution is 2.14.